The minimum Gasteiger partial charge on any atom is -0.294 e. The first-order valence-electron chi connectivity index (χ1n) is 10.2. The molecule has 0 aliphatic carbocycles. The molecule has 1 heterocycles. The molecule has 0 saturated carbocycles. The first-order chi connectivity index (χ1) is 16.2. The van der Waals surface area contributed by atoms with Crippen molar-refractivity contribution in [1.82, 2.24) is 9.55 Å². The number of nitro groups is 1. The van der Waals surface area contributed by atoms with Crippen molar-refractivity contribution < 1.29 is 13.3 Å². The molecule has 170 valence electrons. The van der Waals surface area contributed by atoms with Crippen LogP contribution in [0, 0.1) is 22.0 Å². The summed E-state index contributed by atoms with van der Waals surface area (Å²) in [4.78, 5) is 27.9. The van der Waals surface area contributed by atoms with Crippen LogP contribution in [0.1, 0.15) is 16.7 Å². The monoisotopic (exact) mass is 473 g/mol. The van der Waals surface area contributed by atoms with Gasteiger partial charge in [-0.25, -0.2) is 13.4 Å². The zero-order valence-electron chi connectivity index (χ0n) is 18.1. The molecule has 0 aliphatic rings. The lowest BCUT2D eigenvalue weighted by Gasteiger charge is -2.08. The first-order valence-corrected chi connectivity index (χ1v) is 12.1. The maximum absolute atomic E-state index is 13.0. The van der Waals surface area contributed by atoms with Crippen LogP contribution >= 0.6 is 0 Å². The second kappa shape index (κ2) is 9.29. The second-order valence-electron chi connectivity index (χ2n) is 7.73. The Bertz CT molecular complexity index is 1610. The van der Waals surface area contributed by atoms with E-state index in [4.69, 9.17) is 0 Å². The number of nitro benzene ring substituents is 1. The third-order valence-corrected chi connectivity index (χ3v) is 6.33. The summed E-state index contributed by atoms with van der Waals surface area (Å²) in [5, 5.41) is 11.2. The zero-order chi connectivity index (χ0) is 24.3. The van der Waals surface area contributed by atoms with Crippen molar-refractivity contribution in [2.24, 2.45) is 0 Å². The molecule has 0 atom stereocenters. The predicted molar refractivity (Wildman–Crippen MR) is 128 cm³/mol. The molecular weight excluding hydrogens is 454 g/mol. The maximum Gasteiger partial charge on any atom is 0.269 e. The number of sulfone groups is 1. The van der Waals surface area contributed by atoms with E-state index in [2.05, 4.69) is 16.8 Å². The van der Waals surface area contributed by atoms with Gasteiger partial charge in [0.1, 0.15) is 0 Å². The Morgan fingerprint density at radius 2 is 1.68 bits per heavy atom. The van der Waals surface area contributed by atoms with Crippen LogP contribution in [0.25, 0.3) is 10.9 Å². The van der Waals surface area contributed by atoms with Gasteiger partial charge in [-0.05, 0) is 41.5 Å². The van der Waals surface area contributed by atoms with Crippen molar-refractivity contribution in [1.29, 1.82) is 0 Å². The molecule has 0 N–H and O–H groups in total. The van der Waals surface area contributed by atoms with Gasteiger partial charge < -0.3 is 0 Å². The molecule has 1 aromatic heterocycles. The van der Waals surface area contributed by atoms with Crippen molar-refractivity contribution in [3.63, 3.8) is 0 Å². The summed E-state index contributed by atoms with van der Waals surface area (Å²) in [6.07, 6.45) is 3.03. The number of hydrogen-bond acceptors (Lipinski definition) is 6. The van der Waals surface area contributed by atoms with Crippen molar-refractivity contribution in [3.8, 4) is 11.8 Å². The summed E-state index contributed by atoms with van der Waals surface area (Å²) in [5.41, 5.74) is 2.63. The Labute approximate surface area is 195 Å². The molecule has 3 aromatic carbocycles. The standard InChI is InChI=1S/C25H19N3O5S/c1-34(32,33)22-12-7-20(8-13-22)16-27-17-26-24-14-9-19(15-23(24)25(27)29)4-2-3-18-5-10-21(11-6-18)28(30)31/h5-15,17H,3,16H2,1H3. The van der Waals surface area contributed by atoms with E-state index in [0.29, 0.717) is 22.9 Å². The molecule has 0 saturated heterocycles. The summed E-state index contributed by atoms with van der Waals surface area (Å²) in [7, 11) is -3.29. The number of fused-ring (bicyclic) bond motifs is 1. The van der Waals surface area contributed by atoms with Gasteiger partial charge in [0.2, 0.25) is 0 Å². The van der Waals surface area contributed by atoms with Gasteiger partial charge >= 0.3 is 0 Å². The van der Waals surface area contributed by atoms with Crippen LogP contribution < -0.4 is 5.56 Å². The smallest absolute Gasteiger partial charge is 0.269 e. The molecule has 0 unspecified atom stereocenters. The van der Waals surface area contributed by atoms with Gasteiger partial charge in [0.25, 0.3) is 11.2 Å². The third-order valence-electron chi connectivity index (χ3n) is 5.20. The summed E-state index contributed by atoms with van der Waals surface area (Å²) in [6.45, 7) is 0.252. The maximum atomic E-state index is 13.0. The van der Waals surface area contributed by atoms with Crippen LogP contribution in [0.3, 0.4) is 0 Å². The highest BCUT2D eigenvalue weighted by Gasteiger charge is 2.09. The largest absolute Gasteiger partial charge is 0.294 e. The Kier molecular flexibility index (Phi) is 6.25. The van der Waals surface area contributed by atoms with E-state index in [1.165, 1.54) is 35.2 Å². The fourth-order valence-electron chi connectivity index (χ4n) is 3.37. The van der Waals surface area contributed by atoms with Crippen LogP contribution in [-0.4, -0.2) is 29.1 Å². The molecule has 8 nitrogen and oxygen atoms in total. The lowest BCUT2D eigenvalue weighted by atomic mass is 10.1. The van der Waals surface area contributed by atoms with E-state index in [-0.39, 0.29) is 22.7 Å². The van der Waals surface area contributed by atoms with E-state index < -0.39 is 14.8 Å². The van der Waals surface area contributed by atoms with Gasteiger partial charge in [-0.3, -0.25) is 19.5 Å². The highest BCUT2D eigenvalue weighted by atomic mass is 32.2. The molecular formula is C25H19N3O5S. The van der Waals surface area contributed by atoms with Gasteiger partial charge in [-0.2, -0.15) is 0 Å². The molecule has 34 heavy (non-hydrogen) atoms. The average molecular weight is 474 g/mol. The second-order valence-corrected chi connectivity index (χ2v) is 9.74. The summed E-state index contributed by atoms with van der Waals surface area (Å²) >= 11 is 0. The van der Waals surface area contributed by atoms with E-state index in [9.17, 15) is 23.3 Å². The Balaban J connectivity index is 1.55. The van der Waals surface area contributed by atoms with Crippen molar-refractivity contribution in [2.45, 2.75) is 17.9 Å². The topological polar surface area (TPSA) is 112 Å². The lowest BCUT2D eigenvalue weighted by Crippen LogP contribution is -2.21. The zero-order valence-corrected chi connectivity index (χ0v) is 19.0. The SMILES string of the molecule is CS(=O)(=O)c1ccc(Cn2cnc3ccc(C#CCc4ccc([N+](=O)[O-])cc4)cc3c2=O)cc1. The summed E-state index contributed by atoms with van der Waals surface area (Å²) in [5.74, 6) is 6.05. The summed E-state index contributed by atoms with van der Waals surface area (Å²) < 4.78 is 24.7. The van der Waals surface area contributed by atoms with E-state index in [1.54, 1.807) is 42.5 Å². The number of benzene rings is 3. The molecule has 0 spiro atoms. The summed E-state index contributed by atoms with van der Waals surface area (Å²) in [6, 6.07) is 17.8. The lowest BCUT2D eigenvalue weighted by molar-refractivity contribution is -0.384. The quantitative estimate of drug-likeness (QED) is 0.250. The molecule has 0 aliphatic heterocycles. The third kappa shape index (κ3) is 5.19. The Morgan fingerprint density at radius 1 is 1.00 bits per heavy atom. The average Bonchev–Trinajstić information content (AvgIpc) is 2.81. The Hall–Kier alpha value is -4.29. The minimum atomic E-state index is -3.29. The number of rotatable bonds is 5. The highest BCUT2D eigenvalue weighted by molar-refractivity contribution is 7.90. The van der Waals surface area contributed by atoms with Gasteiger partial charge in [0.15, 0.2) is 9.84 Å². The molecule has 0 radical (unpaired) electrons. The van der Waals surface area contributed by atoms with Crippen LogP contribution in [0.15, 0.2) is 82.7 Å². The van der Waals surface area contributed by atoms with Crippen molar-refractivity contribution in [3.05, 3.63) is 110 Å². The minimum absolute atomic E-state index is 0.0290. The molecule has 0 bridgehead atoms. The van der Waals surface area contributed by atoms with E-state index >= 15 is 0 Å². The predicted octanol–water partition coefficient (Wildman–Crippen LogP) is 3.35. The Morgan fingerprint density at radius 3 is 2.32 bits per heavy atom. The highest BCUT2D eigenvalue weighted by Crippen LogP contribution is 2.14. The molecule has 0 amide bonds. The van der Waals surface area contributed by atoms with Crippen LogP contribution in [0.4, 0.5) is 5.69 Å². The normalized spacial score (nSPS) is 11.1. The molecule has 0 fully saturated rings. The van der Waals surface area contributed by atoms with E-state index in [0.717, 1.165) is 17.4 Å². The fourth-order valence-corrected chi connectivity index (χ4v) is 4.00. The molecule has 4 aromatic rings. The first kappa shape index (κ1) is 22.9. The fraction of sp³-hybridized carbons (Fsp3) is 0.120. The van der Waals surface area contributed by atoms with Crippen molar-refractivity contribution >= 4 is 26.4 Å². The van der Waals surface area contributed by atoms with Gasteiger partial charge in [-0.15, -0.1) is 0 Å². The number of hydrogen-bond donors (Lipinski definition) is 0. The van der Waals surface area contributed by atoms with Crippen LogP contribution in [0.5, 0.6) is 0 Å². The van der Waals surface area contributed by atoms with Gasteiger partial charge in [0, 0.05) is 30.4 Å². The molecule has 4 rings (SSSR count). The van der Waals surface area contributed by atoms with Crippen LogP contribution in [-0.2, 0) is 22.8 Å². The number of aromatic nitrogens is 2. The van der Waals surface area contributed by atoms with Gasteiger partial charge in [-0.1, -0.05) is 36.1 Å². The number of non-ortho nitro benzene ring substituents is 1. The molecule has 9 heteroatoms. The van der Waals surface area contributed by atoms with Crippen LogP contribution in [0.2, 0.25) is 0 Å². The van der Waals surface area contributed by atoms with Gasteiger partial charge in [0.05, 0.1) is 33.6 Å². The van der Waals surface area contributed by atoms with Crippen molar-refractivity contribution in [2.75, 3.05) is 6.26 Å². The number of nitrogens with zero attached hydrogens (tertiary/aromatic N) is 3. The van der Waals surface area contributed by atoms with E-state index in [1.807, 2.05) is 0 Å².